The zero-order valence-corrected chi connectivity index (χ0v) is 17.4. The van der Waals surface area contributed by atoms with Crippen molar-refractivity contribution in [3.05, 3.63) is 65.5 Å². The number of carbonyl (C=O) groups excluding carboxylic acids is 1. The van der Waals surface area contributed by atoms with Gasteiger partial charge in [-0.05, 0) is 50.1 Å². The van der Waals surface area contributed by atoms with Crippen LogP contribution in [0.4, 0.5) is 15.8 Å². The first-order valence-electron chi connectivity index (χ1n) is 10.3. The third-order valence-electron chi connectivity index (χ3n) is 5.50. The Balaban J connectivity index is 1.62. The number of anilines is 2. The Morgan fingerprint density at radius 1 is 1.19 bits per heavy atom. The summed E-state index contributed by atoms with van der Waals surface area (Å²) in [5.41, 5.74) is 15.7. The molecule has 0 amide bonds. The van der Waals surface area contributed by atoms with Gasteiger partial charge in [0.1, 0.15) is 11.5 Å². The van der Waals surface area contributed by atoms with Crippen LogP contribution in [0.1, 0.15) is 34.6 Å². The number of hydrogen-bond donors (Lipinski definition) is 2. The first kappa shape index (κ1) is 20.9. The standard InChI is InChI=1S/C23H25FN6O/c1-14-17(24)4-6-19(28-14)20-7-5-18(26)23(29-20)22(31)11-15-12-27-9-8-21(15)30-10-2-3-16(25)13-30/h4-9,12,16H,2-3,10-11,13,25-26H2,1H3/t16-/m0/s1. The van der Waals surface area contributed by atoms with Crippen LogP contribution in [0.15, 0.2) is 42.7 Å². The maximum absolute atomic E-state index is 13.6. The van der Waals surface area contributed by atoms with Crippen LogP contribution >= 0.6 is 0 Å². The van der Waals surface area contributed by atoms with E-state index in [-0.39, 0.29) is 35.3 Å². The monoisotopic (exact) mass is 420 g/mol. The number of nitrogens with zero attached hydrogens (tertiary/aromatic N) is 4. The van der Waals surface area contributed by atoms with E-state index in [1.54, 1.807) is 31.5 Å². The minimum absolute atomic E-state index is 0.117. The van der Waals surface area contributed by atoms with Crippen molar-refractivity contribution in [1.29, 1.82) is 0 Å². The Bertz CT molecular complexity index is 1120. The summed E-state index contributed by atoms with van der Waals surface area (Å²) in [5, 5.41) is 0. The number of nitrogens with two attached hydrogens (primary N) is 2. The van der Waals surface area contributed by atoms with Gasteiger partial charge in [0.2, 0.25) is 0 Å². The molecule has 1 aliphatic heterocycles. The van der Waals surface area contributed by atoms with Gasteiger partial charge in [-0.25, -0.2) is 14.4 Å². The van der Waals surface area contributed by atoms with E-state index in [1.165, 1.54) is 12.1 Å². The second-order valence-electron chi connectivity index (χ2n) is 7.85. The second-order valence-corrected chi connectivity index (χ2v) is 7.85. The van der Waals surface area contributed by atoms with Gasteiger partial charge in [0, 0.05) is 49.2 Å². The fourth-order valence-electron chi connectivity index (χ4n) is 3.87. The van der Waals surface area contributed by atoms with Gasteiger partial charge in [-0.1, -0.05) is 0 Å². The lowest BCUT2D eigenvalue weighted by molar-refractivity contribution is 0.0989. The molecule has 3 aromatic heterocycles. The average Bonchev–Trinajstić information content (AvgIpc) is 2.76. The normalized spacial score (nSPS) is 16.4. The molecule has 7 nitrogen and oxygen atoms in total. The van der Waals surface area contributed by atoms with E-state index in [9.17, 15) is 9.18 Å². The minimum Gasteiger partial charge on any atom is -0.397 e. The number of Topliss-reactive ketones (excluding diaryl/α,β-unsaturated/α-hetero) is 1. The van der Waals surface area contributed by atoms with E-state index in [0.29, 0.717) is 11.4 Å². The van der Waals surface area contributed by atoms with Crippen LogP contribution < -0.4 is 16.4 Å². The van der Waals surface area contributed by atoms with Crippen molar-refractivity contribution < 1.29 is 9.18 Å². The molecule has 0 aliphatic carbocycles. The average molecular weight is 420 g/mol. The van der Waals surface area contributed by atoms with Gasteiger partial charge in [-0.3, -0.25) is 9.78 Å². The summed E-state index contributed by atoms with van der Waals surface area (Å²) >= 11 is 0. The van der Waals surface area contributed by atoms with Crippen molar-refractivity contribution in [2.24, 2.45) is 5.73 Å². The molecule has 0 radical (unpaired) electrons. The van der Waals surface area contributed by atoms with Gasteiger partial charge in [0.05, 0.1) is 22.8 Å². The lowest BCUT2D eigenvalue weighted by Gasteiger charge is -2.33. The molecule has 160 valence electrons. The first-order chi connectivity index (χ1) is 14.9. The predicted molar refractivity (Wildman–Crippen MR) is 118 cm³/mol. The van der Waals surface area contributed by atoms with E-state index in [0.717, 1.165) is 37.2 Å². The van der Waals surface area contributed by atoms with Crippen molar-refractivity contribution in [3.8, 4) is 11.4 Å². The molecule has 1 atom stereocenters. The summed E-state index contributed by atoms with van der Waals surface area (Å²) in [4.78, 5) is 28.2. The molecule has 4 heterocycles. The number of hydrogen-bond acceptors (Lipinski definition) is 7. The lowest BCUT2D eigenvalue weighted by atomic mass is 10.0. The molecule has 4 N–H and O–H groups in total. The molecule has 8 heteroatoms. The molecule has 1 saturated heterocycles. The maximum atomic E-state index is 13.6. The van der Waals surface area contributed by atoms with Crippen LogP contribution in [-0.2, 0) is 6.42 Å². The molecule has 0 spiro atoms. The van der Waals surface area contributed by atoms with Crippen molar-refractivity contribution in [3.63, 3.8) is 0 Å². The summed E-state index contributed by atoms with van der Waals surface area (Å²) in [7, 11) is 0. The van der Waals surface area contributed by atoms with Crippen LogP contribution in [0, 0.1) is 12.7 Å². The number of pyridine rings is 3. The van der Waals surface area contributed by atoms with Crippen LogP contribution in [-0.4, -0.2) is 39.9 Å². The highest BCUT2D eigenvalue weighted by Gasteiger charge is 2.22. The first-order valence-corrected chi connectivity index (χ1v) is 10.3. The Labute approximate surface area is 180 Å². The summed E-state index contributed by atoms with van der Waals surface area (Å²) in [6, 6.07) is 8.21. The zero-order valence-electron chi connectivity index (χ0n) is 17.4. The molecule has 4 rings (SSSR count). The summed E-state index contributed by atoms with van der Waals surface area (Å²) in [6.45, 7) is 3.22. The highest BCUT2D eigenvalue weighted by atomic mass is 19.1. The molecule has 0 saturated carbocycles. The second kappa shape index (κ2) is 8.77. The van der Waals surface area contributed by atoms with Crippen molar-refractivity contribution >= 4 is 17.2 Å². The topological polar surface area (TPSA) is 111 Å². The van der Waals surface area contributed by atoms with Gasteiger partial charge >= 0.3 is 0 Å². The minimum atomic E-state index is -0.392. The third-order valence-corrected chi connectivity index (χ3v) is 5.50. The van der Waals surface area contributed by atoms with Crippen molar-refractivity contribution in [1.82, 2.24) is 15.0 Å². The van der Waals surface area contributed by atoms with Gasteiger partial charge in [0.25, 0.3) is 0 Å². The summed E-state index contributed by atoms with van der Waals surface area (Å²) < 4.78 is 13.6. The highest BCUT2D eigenvalue weighted by Crippen LogP contribution is 2.26. The fraction of sp³-hybridized carbons (Fsp3) is 0.304. The molecular weight excluding hydrogens is 395 g/mol. The molecular formula is C23H25FN6O. The predicted octanol–water partition coefficient (Wildman–Crippen LogP) is 2.92. The molecule has 0 unspecified atom stereocenters. The molecule has 0 bridgehead atoms. The number of nitrogen functional groups attached to an aromatic ring is 1. The fourth-order valence-corrected chi connectivity index (χ4v) is 3.87. The van der Waals surface area contributed by atoms with E-state index < -0.39 is 5.82 Å². The smallest absolute Gasteiger partial charge is 0.187 e. The SMILES string of the molecule is Cc1nc(-c2ccc(N)c(C(=O)Cc3cnccc3N3CCC[C@H](N)C3)n2)ccc1F. The Morgan fingerprint density at radius 3 is 2.74 bits per heavy atom. The molecule has 3 aromatic rings. The van der Waals surface area contributed by atoms with Crippen LogP contribution in [0.25, 0.3) is 11.4 Å². The van der Waals surface area contributed by atoms with Gasteiger partial charge in [-0.15, -0.1) is 0 Å². The van der Waals surface area contributed by atoms with Crippen molar-refractivity contribution in [2.45, 2.75) is 32.2 Å². The molecule has 31 heavy (non-hydrogen) atoms. The van der Waals surface area contributed by atoms with E-state index in [4.69, 9.17) is 11.5 Å². The number of halogens is 1. The number of carbonyl (C=O) groups is 1. The zero-order chi connectivity index (χ0) is 22.0. The van der Waals surface area contributed by atoms with E-state index in [1.807, 2.05) is 6.07 Å². The van der Waals surface area contributed by atoms with Crippen LogP contribution in [0.2, 0.25) is 0 Å². The summed E-state index contributed by atoms with van der Waals surface area (Å²) in [5.74, 6) is -0.606. The quantitative estimate of drug-likeness (QED) is 0.611. The van der Waals surface area contributed by atoms with E-state index >= 15 is 0 Å². The van der Waals surface area contributed by atoms with E-state index in [2.05, 4.69) is 19.9 Å². The molecule has 1 aliphatic rings. The Morgan fingerprint density at radius 2 is 1.97 bits per heavy atom. The van der Waals surface area contributed by atoms with Crippen LogP contribution in [0.5, 0.6) is 0 Å². The largest absolute Gasteiger partial charge is 0.397 e. The number of rotatable bonds is 5. The Hall–Kier alpha value is -3.39. The van der Waals surface area contributed by atoms with Crippen molar-refractivity contribution in [2.75, 3.05) is 23.7 Å². The molecule has 1 fully saturated rings. The summed E-state index contributed by atoms with van der Waals surface area (Å²) in [6.07, 6.45) is 5.56. The number of aryl methyl sites for hydroxylation is 1. The van der Waals surface area contributed by atoms with Gasteiger partial charge < -0.3 is 16.4 Å². The lowest BCUT2D eigenvalue weighted by Crippen LogP contribution is -2.43. The number of piperidine rings is 1. The highest BCUT2D eigenvalue weighted by molar-refractivity contribution is 6.01. The number of ketones is 1. The third kappa shape index (κ3) is 4.54. The Kier molecular flexibility index (Phi) is 5.90. The number of aromatic nitrogens is 3. The maximum Gasteiger partial charge on any atom is 0.187 e. The van der Waals surface area contributed by atoms with Gasteiger partial charge in [-0.2, -0.15) is 0 Å². The van der Waals surface area contributed by atoms with Gasteiger partial charge in [0.15, 0.2) is 5.78 Å². The van der Waals surface area contributed by atoms with Crippen LogP contribution in [0.3, 0.4) is 0 Å². The molecule has 0 aromatic carbocycles.